The van der Waals surface area contributed by atoms with Gasteiger partial charge in [0, 0.05) is 28.5 Å². The zero-order chi connectivity index (χ0) is 24.0. The Balaban J connectivity index is 1.52. The van der Waals surface area contributed by atoms with Gasteiger partial charge in [-0.1, -0.05) is 85.0 Å². The minimum Gasteiger partial charge on any atom is -0.294 e. The maximum atomic E-state index is 7.97. The van der Waals surface area contributed by atoms with Gasteiger partial charge in [-0.25, -0.2) is 4.98 Å². The van der Waals surface area contributed by atoms with Gasteiger partial charge in [-0.05, 0) is 47.5 Å². The molecule has 0 aliphatic rings. The SMILES string of the molecule is [2H]c1cccc([Si](C)(C)c2cccc(-c3ccc4c5ccccc5n(-c5ccccn5)c4c3)c2)n1. The Labute approximate surface area is 201 Å². The lowest BCUT2D eigenvalue weighted by molar-refractivity contribution is 1.08. The third-order valence-electron chi connectivity index (χ3n) is 6.72. The van der Waals surface area contributed by atoms with Gasteiger partial charge in [0.15, 0.2) is 0 Å². The van der Waals surface area contributed by atoms with Gasteiger partial charge in [-0.2, -0.15) is 0 Å². The summed E-state index contributed by atoms with van der Waals surface area (Å²) in [6, 6.07) is 35.8. The van der Waals surface area contributed by atoms with Crippen molar-refractivity contribution in [1.29, 1.82) is 0 Å². The first kappa shape index (κ1) is 19.4. The summed E-state index contributed by atoms with van der Waals surface area (Å²) >= 11 is 0. The predicted molar refractivity (Wildman–Crippen MR) is 145 cm³/mol. The molecule has 3 aromatic carbocycles. The molecule has 0 spiro atoms. The molecule has 0 unspecified atom stereocenters. The highest BCUT2D eigenvalue weighted by molar-refractivity contribution is 6.99. The van der Waals surface area contributed by atoms with Gasteiger partial charge >= 0.3 is 0 Å². The zero-order valence-electron chi connectivity index (χ0n) is 20.2. The molecule has 0 bridgehead atoms. The van der Waals surface area contributed by atoms with Crippen LogP contribution in [0.15, 0.2) is 115 Å². The van der Waals surface area contributed by atoms with E-state index in [1.54, 1.807) is 6.07 Å². The lowest BCUT2D eigenvalue weighted by Crippen LogP contribution is -2.54. The van der Waals surface area contributed by atoms with Crippen molar-refractivity contribution in [3.8, 4) is 16.9 Å². The van der Waals surface area contributed by atoms with E-state index < -0.39 is 8.07 Å². The van der Waals surface area contributed by atoms with Crippen LogP contribution in [-0.2, 0) is 0 Å². The number of hydrogen-bond donors (Lipinski definition) is 0. The third-order valence-corrected chi connectivity index (χ3v) is 10.0. The number of fused-ring (bicyclic) bond motifs is 3. The maximum absolute atomic E-state index is 7.97. The summed E-state index contributed by atoms with van der Waals surface area (Å²) in [5.74, 6) is 0.916. The number of benzene rings is 3. The fraction of sp³-hybridized carbons (Fsp3) is 0.0667. The molecule has 0 saturated heterocycles. The highest BCUT2D eigenvalue weighted by Gasteiger charge is 2.27. The van der Waals surface area contributed by atoms with Crippen LogP contribution in [0.4, 0.5) is 0 Å². The quantitative estimate of drug-likeness (QED) is 0.302. The van der Waals surface area contributed by atoms with Crippen molar-refractivity contribution in [2.75, 3.05) is 0 Å². The molecule has 6 rings (SSSR count). The molecule has 0 N–H and O–H groups in total. The monoisotopic (exact) mass is 456 g/mol. The standard InChI is InChI=1S/C30H25N3Si/c1-34(2,30-15-6-8-19-32-30)24-11-9-10-22(20-24)23-16-17-26-25-12-3-4-13-27(25)33(28(26)21-23)29-14-5-7-18-31-29/h3-21H,1-2H3/i19D. The second-order valence-corrected chi connectivity index (χ2v) is 13.5. The molecule has 3 heterocycles. The summed E-state index contributed by atoms with van der Waals surface area (Å²) in [7, 11) is -2.04. The van der Waals surface area contributed by atoms with Gasteiger partial charge in [-0.15, -0.1) is 0 Å². The Morgan fingerprint density at radius 1 is 0.676 bits per heavy atom. The van der Waals surface area contributed by atoms with E-state index >= 15 is 0 Å². The zero-order valence-corrected chi connectivity index (χ0v) is 20.2. The van der Waals surface area contributed by atoms with Gasteiger partial charge in [0.2, 0.25) is 0 Å². The highest BCUT2D eigenvalue weighted by atomic mass is 28.3. The molecular weight excluding hydrogens is 430 g/mol. The van der Waals surface area contributed by atoms with Crippen LogP contribution in [0.2, 0.25) is 13.1 Å². The van der Waals surface area contributed by atoms with Crippen molar-refractivity contribution in [3.05, 3.63) is 115 Å². The molecule has 0 radical (unpaired) electrons. The van der Waals surface area contributed by atoms with E-state index in [9.17, 15) is 0 Å². The molecule has 6 aromatic rings. The number of nitrogens with zero attached hydrogens (tertiary/aromatic N) is 3. The highest BCUT2D eigenvalue weighted by Crippen LogP contribution is 2.34. The fourth-order valence-corrected chi connectivity index (χ4v) is 6.97. The maximum Gasteiger partial charge on any atom is 0.137 e. The van der Waals surface area contributed by atoms with Crippen molar-refractivity contribution >= 4 is 40.4 Å². The number of rotatable bonds is 4. The minimum atomic E-state index is -2.04. The first-order chi connectivity index (χ1) is 17.0. The molecule has 0 fully saturated rings. The largest absolute Gasteiger partial charge is 0.294 e. The topological polar surface area (TPSA) is 30.7 Å². The Hall–Kier alpha value is -4.02. The Bertz CT molecular complexity index is 1690. The van der Waals surface area contributed by atoms with Crippen LogP contribution in [0, 0.1) is 0 Å². The van der Waals surface area contributed by atoms with Crippen LogP contribution in [0.1, 0.15) is 1.37 Å². The first-order valence-electron chi connectivity index (χ1n) is 12.0. The Kier molecular flexibility index (Phi) is 4.62. The number of aromatic nitrogens is 3. The Morgan fingerprint density at radius 3 is 2.32 bits per heavy atom. The minimum absolute atomic E-state index is 0.326. The molecule has 0 atom stereocenters. The van der Waals surface area contributed by atoms with Crippen LogP contribution in [0.3, 0.4) is 0 Å². The smallest absolute Gasteiger partial charge is 0.137 e. The molecule has 3 nitrogen and oxygen atoms in total. The summed E-state index contributed by atoms with van der Waals surface area (Å²) in [4.78, 5) is 9.21. The van der Waals surface area contributed by atoms with Crippen LogP contribution >= 0.6 is 0 Å². The average Bonchev–Trinajstić information content (AvgIpc) is 3.23. The summed E-state index contributed by atoms with van der Waals surface area (Å²) in [5, 5.41) is 4.78. The molecule has 0 aliphatic carbocycles. The van der Waals surface area contributed by atoms with Crippen molar-refractivity contribution in [2.45, 2.75) is 13.1 Å². The summed E-state index contributed by atoms with van der Waals surface area (Å²) < 4.78 is 10.2. The van der Waals surface area contributed by atoms with Gasteiger partial charge in [0.25, 0.3) is 0 Å². The molecule has 164 valence electrons. The van der Waals surface area contributed by atoms with Gasteiger partial charge < -0.3 is 0 Å². The van der Waals surface area contributed by atoms with Crippen LogP contribution in [0.25, 0.3) is 38.8 Å². The Morgan fingerprint density at radius 2 is 1.47 bits per heavy atom. The molecule has 4 heteroatoms. The third kappa shape index (κ3) is 3.35. The van der Waals surface area contributed by atoms with Crippen LogP contribution < -0.4 is 10.5 Å². The molecule has 0 amide bonds. The van der Waals surface area contributed by atoms with Crippen molar-refractivity contribution in [3.63, 3.8) is 0 Å². The molecule has 34 heavy (non-hydrogen) atoms. The second kappa shape index (κ2) is 8.08. The van der Waals surface area contributed by atoms with Crippen molar-refractivity contribution in [1.82, 2.24) is 14.5 Å². The average molecular weight is 457 g/mol. The molecular formula is C30H25N3Si. The number of pyridine rings is 2. The summed E-state index contributed by atoms with van der Waals surface area (Å²) in [6.45, 7) is 4.60. The van der Waals surface area contributed by atoms with E-state index in [1.165, 1.54) is 27.1 Å². The van der Waals surface area contributed by atoms with Crippen molar-refractivity contribution < 1.29 is 1.37 Å². The van der Waals surface area contributed by atoms with Crippen molar-refractivity contribution in [2.24, 2.45) is 0 Å². The van der Waals surface area contributed by atoms with E-state index in [0.717, 1.165) is 22.2 Å². The normalized spacial score (nSPS) is 12.2. The summed E-state index contributed by atoms with van der Waals surface area (Å²) in [5.41, 5.74) is 4.66. The lowest BCUT2D eigenvalue weighted by Gasteiger charge is -2.23. The fourth-order valence-electron chi connectivity index (χ4n) is 4.79. The lowest BCUT2D eigenvalue weighted by atomic mass is 10.0. The molecule has 3 aromatic heterocycles. The summed E-state index contributed by atoms with van der Waals surface area (Å²) in [6.07, 6.45) is 2.17. The van der Waals surface area contributed by atoms with Gasteiger partial charge in [-0.3, -0.25) is 9.55 Å². The van der Waals surface area contributed by atoms with Gasteiger partial charge in [0.1, 0.15) is 13.9 Å². The van der Waals surface area contributed by atoms with Gasteiger partial charge in [0.05, 0.1) is 12.4 Å². The van der Waals surface area contributed by atoms with Crippen LogP contribution in [0.5, 0.6) is 0 Å². The second-order valence-electron chi connectivity index (χ2n) is 9.13. The van der Waals surface area contributed by atoms with E-state index in [2.05, 4.69) is 106 Å². The predicted octanol–water partition coefficient (Wildman–Crippen LogP) is 6.06. The van der Waals surface area contributed by atoms with E-state index in [0.29, 0.717) is 6.17 Å². The number of para-hydroxylation sites is 1. The molecule has 0 aliphatic heterocycles. The molecule has 0 saturated carbocycles. The first-order valence-corrected chi connectivity index (χ1v) is 14.5. The van der Waals surface area contributed by atoms with E-state index in [-0.39, 0.29) is 0 Å². The van der Waals surface area contributed by atoms with Crippen LogP contribution in [-0.4, -0.2) is 22.6 Å². The van der Waals surface area contributed by atoms with E-state index in [4.69, 9.17) is 1.37 Å². The number of hydrogen-bond acceptors (Lipinski definition) is 2. The van der Waals surface area contributed by atoms with E-state index in [1.807, 2.05) is 24.4 Å².